The van der Waals surface area contributed by atoms with Gasteiger partial charge in [-0.25, -0.2) is 0 Å². The third kappa shape index (κ3) is 2.90. The van der Waals surface area contributed by atoms with E-state index in [0.717, 1.165) is 19.4 Å². The van der Waals surface area contributed by atoms with E-state index < -0.39 is 0 Å². The van der Waals surface area contributed by atoms with Crippen molar-refractivity contribution in [2.45, 2.75) is 25.3 Å². The summed E-state index contributed by atoms with van der Waals surface area (Å²) in [6.45, 7) is 1.48. The molecule has 90 valence electrons. The molecule has 2 aliphatic rings. The summed E-state index contributed by atoms with van der Waals surface area (Å²) in [4.78, 5) is 24.9. The van der Waals surface area contributed by atoms with Crippen LogP contribution < -0.4 is 5.32 Å². The standard InChI is InChI=1S/C11H18N2O2S/c1-16-7-10(14)12-5-8-4-11(15)13(6-8)9-2-3-9/h8-9H,2-7H2,1H3,(H,12,14). The summed E-state index contributed by atoms with van der Waals surface area (Å²) in [5, 5.41) is 2.89. The predicted octanol–water partition coefficient (Wildman–Crippen LogP) is 0.476. The third-order valence-corrected chi connectivity index (χ3v) is 3.64. The van der Waals surface area contributed by atoms with Crippen molar-refractivity contribution in [3.63, 3.8) is 0 Å². The van der Waals surface area contributed by atoms with Crippen molar-refractivity contribution in [1.82, 2.24) is 10.2 Å². The number of likely N-dealkylation sites (tertiary alicyclic amines) is 1. The molecule has 16 heavy (non-hydrogen) atoms. The summed E-state index contributed by atoms with van der Waals surface area (Å²) in [6.07, 6.45) is 4.85. The molecule has 1 heterocycles. The van der Waals surface area contributed by atoms with Crippen LogP contribution in [0.3, 0.4) is 0 Å². The molecule has 0 aromatic rings. The molecule has 1 N–H and O–H groups in total. The van der Waals surface area contributed by atoms with Gasteiger partial charge in [-0.2, -0.15) is 11.8 Å². The van der Waals surface area contributed by atoms with Crippen LogP contribution >= 0.6 is 11.8 Å². The van der Waals surface area contributed by atoms with Gasteiger partial charge in [0.25, 0.3) is 0 Å². The average Bonchev–Trinajstić information content (AvgIpc) is 3.01. The monoisotopic (exact) mass is 242 g/mol. The first-order valence-electron chi connectivity index (χ1n) is 5.76. The second-order valence-electron chi connectivity index (χ2n) is 4.58. The summed E-state index contributed by atoms with van der Waals surface area (Å²) < 4.78 is 0. The summed E-state index contributed by atoms with van der Waals surface area (Å²) in [5.41, 5.74) is 0. The Morgan fingerprint density at radius 1 is 1.56 bits per heavy atom. The van der Waals surface area contributed by atoms with E-state index in [4.69, 9.17) is 0 Å². The van der Waals surface area contributed by atoms with Gasteiger partial charge in [-0.3, -0.25) is 9.59 Å². The fourth-order valence-electron chi connectivity index (χ4n) is 2.12. The number of rotatable bonds is 5. The molecule has 1 saturated heterocycles. The molecule has 5 heteroatoms. The van der Waals surface area contributed by atoms with Gasteiger partial charge >= 0.3 is 0 Å². The Bertz CT molecular complexity index is 292. The number of nitrogens with one attached hydrogen (secondary N) is 1. The first kappa shape index (κ1) is 11.8. The molecule has 1 aliphatic carbocycles. The van der Waals surface area contributed by atoms with E-state index in [1.54, 1.807) is 0 Å². The number of hydrogen-bond acceptors (Lipinski definition) is 3. The Hall–Kier alpha value is -0.710. The second-order valence-corrected chi connectivity index (χ2v) is 5.45. The fraction of sp³-hybridized carbons (Fsp3) is 0.818. The topological polar surface area (TPSA) is 49.4 Å². The van der Waals surface area contributed by atoms with E-state index in [1.807, 2.05) is 11.2 Å². The highest BCUT2D eigenvalue weighted by atomic mass is 32.2. The lowest BCUT2D eigenvalue weighted by Crippen LogP contribution is -2.32. The minimum Gasteiger partial charge on any atom is -0.355 e. The molecule has 4 nitrogen and oxygen atoms in total. The summed E-state index contributed by atoms with van der Waals surface area (Å²) in [7, 11) is 0. The second kappa shape index (κ2) is 5.08. The molecule has 0 bridgehead atoms. The Kier molecular flexibility index (Phi) is 3.74. The van der Waals surface area contributed by atoms with E-state index in [1.165, 1.54) is 11.8 Å². The van der Waals surface area contributed by atoms with E-state index in [0.29, 0.717) is 30.7 Å². The molecule has 2 amide bonds. The smallest absolute Gasteiger partial charge is 0.229 e. The molecule has 2 fully saturated rings. The maximum absolute atomic E-state index is 11.6. The van der Waals surface area contributed by atoms with Gasteiger partial charge in [0.05, 0.1) is 5.75 Å². The molecule has 2 rings (SSSR count). The number of carbonyl (C=O) groups is 2. The van der Waals surface area contributed by atoms with E-state index in [-0.39, 0.29) is 11.8 Å². The van der Waals surface area contributed by atoms with Crippen LogP contribution in [0.5, 0.6) is 0 Å². The molecule has 0 radical (unpaired) electrons. The van der Waals surface area contributed by atoms with Crippen molar-refractivity contribution in [3.05, 3.63) is 0 Å². The Morgan fingerprint density at radius 3 is 2.94 bits per heavy atom. The first-order chi connectivity index (χ1) is 7.70. The van der Waals surface area contributed by atoms with Crippen LogP contribution in [0.25, 0.3) is 0 Å². The molecule has 0 aromatic carbocycles. The van der Waals surface area contributed by atoms with Crippen molar-refractivity contribution in [2.75, 3.05) is 25.1 Å². The maximum Gasteiger partial charge on any atom is 0.229 e. The van der Waals surface area contributed by atoms with E-state index in [9.17, 15) is 9.59 Å². The van der Waals surface area contributed by atoms with Gasteiger partial charge in [0.2, 0.25) is 11.8 Å². The zero-order valence-electron chi connectivity index (χ0n) is 9.57. The number of hydrogen-bond donors (Lipinski definition) is 1. The molecule has 1 aliphatic heterocycles. The van der Waals surface area contributed by atoms with E-state index >= 15 is 0 Å². The largest absolute Gasteiger partial charge is 0.355 e. The lowest BCUT2D eigenvalue weighted by atomic mass is 10.1. The quantitative estimate of drug-likeness (QED) is 0.763. The molecule has 1 saturated carbocycles. The van der Waals surface area contributed by atoms with Crippen LogP contribution in [0.4, 0.5) is 0 Å². The predicted molar refractivity (Wildman–Crippen MR) is 64.2 cm³/mol. The van der Waals surface area contributed by atoms with Crippen LogP contribution in [0.15, 0.2) is 0 Å². The van der Waals surface area contributed by atoms with Gasteiger partial charge in [-0.05, 0) is 19.1 Å². The minimum absolute atomic E-state index is 0.0739. The SMILES string of the molecule is CSCC(=O)NCC1CC(=O)N(C2CC2)C1. The molecule has 0 aromatic heterocycles. The first-order valence-corrected chi connectivity index (χ1v) is 7.15. The fourth-order valence-corrected chi connectivity index (χ4v) is 2.49. The van der Waals surface area contributed by atoms with Crippen molar-refractivity contribution in [2.24, 2.45) is 5.92 Å². The van der Waals surface area contributed by atoms with Gasteiger partial charge in [-0.1, -0.05) is 0 Å². The van der Waals surface area contributed by atoms with E-state index in [2.05, 4.69) is 5.32 Å². The molecule has 0 spiro atoms. The Morgan fingerprint density at radius 2 is 2.31 bits per heavy atom. The normalized spacial score (nSPS) is 24.9. The van der Waals surface area contributed by atoms with Gasteiger partial charge in [0, 0.05) is 31.5 Å². The number of amides is 2. The molecule has 1 unspecified atom stereocenters. The summed E-state index contributed by atoms with van der Waals surface area (Å²) >= 11 is 1.52. The number of carbonyl (C=O) groups excluding carboxylic acids is 2. The Balaban J connectivity index is 1.71. The highest BCUT2D eigenvalue weighted by Crippen LogP contribution is 2.32. The Labute approximate surface area is 100 Å². The van der Waals surface area contributed by atoms with Crippen LogP contribution in [-0.2, 0) is 9.59 Å². The number of thioether (sulfide) groups is 1. The van der Waals surface area contributed by atoms with Crippen molar-refractivity contribution < 1.29 is 9.59 Å². The minimum atomic E-state index is 0.0739. The van der Waals surface area contributed by atoms with Gasteiger partial charge < -0.3 is 10.2 Å². The van der Waals surface area contributed by atoms with Crippen molar-refractivity contribution in [3.8, 4) is 0 Å². The average molecular weight is 242 g/mol. The third-order valence-electron chi connectivity index (χ3n) is 3.09. The molecular weight excluding hydrogens is 224 g/mol. The van der Waals surface area contributed by atoms with Crippen LogP contribution in [-0.4, -0.2) is 47.9 Å². The van der Waals surface area contributed by atoms with Gasteiger partial charge in [0.15, 0.2) is 0 Å². The van der Waals surface area contributed by atoms with Crippen molar-refractivity contribution in [1.29, 1.82) is 0 Å². The highest BCUT2D eigenvalue weighted by Gasteiger charge is 2.39. The maximum atomic E-state index is 11.6. The summed E-state index contributed by atoms with van der Waals surface area (Å²) in [6, 6.07) is 0.513. The zero-order chi connectivity index (χ0) is 11.5. The summed E-state index contributed by atoms with van der Waals surface area (Å²) in [5.74, 6) is 1.17. The highest BCUT2D eigenvalue weighted by molar-refractivity contribution is 7.99. The number of nitrogens with zero attached hydrogens (tertiary/aromatic N) is 1. The van der Waals surface area contributed by atoms with Crippen LogP contribution in [0.2, 0.25) is 0 Å². The van der Waals surface area contributed by atoms with Crippen LogP contribution in [0.1, 0.15) is 19.3 Å². The molecular formula is C11H18N2O2S. The lowest BCUT2D eigenvalue weighted by Gasteiger charge is -2.15. The zero-order valence-corrected chi connectivity index (χ0v) is 10.4. The van der Waals surface area contributed by atoms with Gasteiger partial charge in [-0.15, -0.1) is 0 Å². The van der Waals surface area contributed by atoms with Gasteiger partial charge in [0.1, 0.15) is 0 Å². The van der Waals surface area contributed by atoms with Crippen molar-refractivity contribution >= 4 is 23.6 Å². The van der Waals surface area contributed by atoms with Crippen LogP contribution in [0, 0.1) is 5.92 Å². The lowest BCUT2D eigenvalue weighted by molar-refractivity contribution is -0.128. The molecule has 1 atom stereocenters.